The Balaban J connectivity index is 1.83. The standard InChI is InChI=1S/C14H11N3/c1-3-11(15-7-1)9-13-5-6-14(17-13)10-12-4-2-8-16-12/h1-10,17H/b11-9+,12-10+. The van der Waals surface area contributed by atoms with E-state index in [0.717, 1.165) is 22.8 Å². The molecule has 0 fully saturated rings. The predicted octanol–water partition coefficient (Wildman–Crippen LogP) is 2.98. The van der Waals surface area contributed by atoms with E-state index in [4.69, 9.17) is 0 Å². The molecule has 2 aliphatic heterocycles. The molecule has 0 unspecified atom stereocenters. The van der Waals surface area contributed by atoms with Crippen molar-refractivity contribution in [2.45, 2.75) is 0 Å². The molecule has 3 heterocycles. The molecule has 1 aromatic heterocycles. The number of aromatic nitrogens is 1. The molecule has 82 valence electrons. The summed E-state index contributed by atoms with van der Waals surface area (Å²) in [7, 11) is 0. The average Bonchev–Trinajstić information content (AvgIpc) is 3.02. The van der Waals surface area contributed by atoms with Gasteiger partial charge in [-0.3, -0.25) is 9.98 Å². The molecule has 0 atom stereocenters. The van der Waals surface area contributed by atoms with E-state index in [1.54, 1.807) is 12.4 Å². The van der Waals surface area contributed by atoms with Gasteiger partial charge in [0.05, 0.1) is 11.4 Å². The molecule has 0 saturated heterocycles. The summed E-state index contributed by atoms with van der Waals surface area (Å²) < 4.78 is 0. The number of aromatic amines is 1. The van der Waals surface area contributed by atoms with Crippen LogP contribution >= 0.6 is 0 Å². The lowest BCUT2D eigenvalue weighted by molar-refractivity contribution is 1.32. The lowest BCUT2D eigenvalue weighted by Crippen LogP contribution is -1.76. The van der Waals surface area contributed by atoms with Crippen LogP contribution in [-0.2, 0) is 0 Å². The smallest absolute Gasteiger partial charge is 0.0650 e. The summed E-state index contributed by atoms with van der Waals surface area (Å²) in [6, 6.07) is 4.06. The third-order valence-corrected chi connectivity index (χ3v) is 2.49. The van der Waals surface area contributed by atoms with Gasteiger partial charge in [-0.05, 0) is 48.6 Å². The lowest BCUT2D eigenvalue weighted by Gasteiger charge is -1.91. The fourth-order valence-corrected chi connectivity index (χ4v) is 1.71. The van der Waals surface area contributed by atoms with E-state index in [0.29, 0.717) is 0 Å². The van der Waals surface area contributed by atoms with E-state index < -0.39 is 0 Å². The topological polar surface area (TPSA) is 40.5 Å². The van der Waals surface area contributed by atoms with Crippen LogP contribution in [0.5, 0.6) is 0 Å². The van der Waals surface area contributed by atoms with E-state index >= 15 is 0 Å². The Hall–Kier alpha value is -2.42. The Kier molecular flexibility index (Phi) is 2.43. The molecule has 3 rings (SSSR count). The molecule has 0 amide bonds. The van der Waals surface area contributed by atoms with E-state index in [1.165, 1.54) is 0 Å². The third-order valence-electron chi connectivity index (χ3n) is 2.49. The van der Waals surface area contributed by atoms with Crippen molar-refractivity contribution in [3.05, 3.63) is 59.2 Å². The number of rotatable bonds is 2. The maximum absolute atomic E-state index is 4.20. The van der Waals surface area contributed by atoms with Crippen LogP contribution < -0.4 is 0 Å². The Morgan fingerprint density at radius 3 is 1.76 bits per heavy atom. The van der Waals surface area contributed by atoms with Gasteiger partial charge in [0.25, 0.3) is 0 Å². The first kappa shape index (κ1) is 9.78. The molecule has 1 N–H and O–H groups in total. The average molecular weight is 221 g/mol. The zero-order valence-electron chi connectivity index (χ0n) is 9.17. The second-order valence-corrected chi connectivity index (χ2v) is 3.78. The number of aliphatic imine (C=N–C) groups is 2. The molecule has 3 nitrogen and oxygen atoms in total. The minimum atomic E-state index is 0.963. The number of hydrogen-bond donors (Lipinski definition) is 1. The molecular formula is C14H11N3. The molecule has 17 heavy (non-hydrogen) atoms. The highest BCUT2D eigenvalue weighted by molar-refractivity contribution is 5.80. The first-order valence-electron chi connectivity index (χ1n) is 5.44. The van der Waals surface area contributed by atoms with E-state index in [-0.39, 0.29) is 0 Å². The highest BCUT2D eigenvalue weighted by atomic mass is 14.8. The van der Waals surface area contributed by atoms with Crippen molar-refractivity contribution < 1.29 is 0 Å². The maximum Gasteiger partial charge on any atom is 0.0650 e. The summed E-state index contributed by atoms with van der Waals surface area (Å²) in [5, 5.41) is 0. The zero-order chi connectivity index (χ0) is 11.5. The van der Waals surface area contributed by atoms with Crippen molar-refractivity contribution >= 4 is 24.6 Å². The van der Waals surface area contributed by atoms with Crippen LogP contribution in [0.15, 0.2) is 57.8 Å². The van der Waals surface area contributed by atoms with Crippen LogP contribution in [-0.4, -0.2) is 17.4 Å². The number of allylic oxidation sites excluding steroid dienone is 4. The Bertz CT molecular complexity index is 527. The molecule has 0 spiro atoms. The van der Waals surface area contributed by atoms with Crippen LogP contribution in [0, 0.1) is 0 Å². The van der Waals surface area contributed by atoms with Gasteiger partial charge in [0, 0.05) is 23.8 Å². The van der Waals surface area contributed by atoms with Gasteiger partial charge in [0.2, 0.25) is 0 Å². The highest BCUT2D eigenvalue weighted by Crippen LogP contribution is 2.15. The van der Waals surface area contributed by atoms with Crippen LogP contribution in [0.2, 0.25) is 0 Å². The number of H-pyrrole nitrogens is 1. The van der Waals surface area contributed by atoms with E-state index in [2.05, 4.69) is 15.0 Å². The molecule has 0 aromatic carbocycles. The predicted molar refractivity (Wildman–Crippen MR) is 72.0 cm³/mol. The second kappa shape index (κ2) is 4.22. The van der Waals surface area contributed by atoms with Gasteiger partial charge in [0.1, 0.15) is 0 Å². The second-order valence-electron chi connectivity index (χ2n) is 3.78. The monoisotopic (exact) mass is 221 g/mol. The minimum absolute atomic E-state index is 0.963. The van der Waals surface area contributed by atoms with Crippen LogP contribution in [0.4, 0.5) is 0 Å². The van der Waals surface area contributed by atoms with Gasteiger partial charge in [-0.15, -0.1) is 0 Å². The van der Waals surface area contributed by atoms with E-state index in [9.17, 15) is 0 Å². The molecule has 1 aromatic rings. The maximum atomic E-state index is 4.20. The highest BCUT2D eigenvalue weighted by Gasteiger charge is 1.99. The van der Waals surface area contributed by atoms with Crippen molar-refractivity contribution in [1.82, 2.24) is 4.98 Å². The quantitative estimate of drug-likeness (QED) is 0.797. The van der Waals surface area contributed by atoms with Crippen LogP contribution in [0.3, 0.4) is 0 Å². The Labute approximate surface area is 99.3 Å². The van der Waals surface area contributed by atoms with Crippen LogP contribution in [0.25, 0.3) is 12.2 Å². The fraction of sp³-hybridized carbons (Fsp3) is 0. The summed E-state index contributed by atoms with van der Waals surface area (Å²) in [6.07, 6.45) is 15.4. The number of hydrogen-bond acceptors (Lipinski definition) is 2. The minimum Gasteiger partial charge on any atom is -0.355 e. The molecule has 3 heteroatoms. The van der Waals surface area contributed by atoms with Gasteiger partial charge >= 0.3 is 0 Å². The van der Waals surface area contributed by atoms with Crippen molar-refractivity contribution in [2.75, 3.05) is 0 Å². The molecule has 0 bridgehead atoms. The molecular weight excluding hydrogens is 210 g/mol. The van der Waals surface area contributed by atoms with Crippen molar-refractivity contribution in [3.63, 3.8) is 0 Å². The molecule has 0 aliphatic carbocycles. The van der Waals surface area contributed by atoms with Crippen molar-refractivity contribution in [1.29, 1.82) is 0 Å². The van der Waals surface area contributed by atoms with Gasteiger partial charge in [-0.25, -0.2) is 0 Å². The fourth-order valence-electron chi connectivity index (χ4n) is 1.71. The van der Waals surface area contributed by atoms with Gasteiger partial charge in [0.15, 0.2) is 0 Å². The summed E-state index contributed by atoms with van der Waals surface area (Å²) in [6.45, 7) is 0. The normalized spacial score (nSPS) is 21.4. The largest absolute Gasteiger partial charge is 0.355 e. The zero-order valence-corrected chi connectivity index (χ0v) is 9.17. The molecule has 2 aliphatic rings. The van der Waals surface area contributed by atoms with E-state index in [1.807, 2.05) is 48.6 Å². The third kappa shape index (κ3) is 2.23. The van der Waals surface area contributed by atoms with Gasteiger partial charge in [-0.2, -0.15) is 0 Å². The molecule has 0 saturated carbocycles. The summed E-state index contributed by atoms with van der Waals surface area (Å²) in [4.78, 5) is 11.7. The summed E-state index contributed by atoms with van der Waals surface area (Å²) in [5.74, 6) is 0. The van der Waals surface area contributed by atoms with Crippen molar-refractivity contribution in [2.24, 2.45) is 9.98 Å². The van der Waals surface area contributed by atoms with Crippen molar-refractivity contribution in [3.8, 4) is 0 Å². The lowest BCUT2D eigenvalue weighted by atomic mass is 10.3. The van der Waals surface area contributed by atoms with Crippen LogP contribution in [0.1, 0.15) is 11.4 Å². The number of nitrogens with zero attached hydrogens (tertiary/aromatic N) is 2. The Morgan fingerprint density at radius 2 is 1.35 bits per heavy atom. The number of nitrogens with one attached hydrogen (secondary N) is 1. The first-order chi connectivity index (χ1) is 8.40. The summed E-state index contributed by atoms with van der Waals surface area (Å²) >= 11 is 0. The molecule has 0 radical (unpaired) electrons. The SMILES string of the molecule is C1=C/C(=C\c2ccc(/C=C3\C=CC=N3)[nH]2)N=C1. The first-order valence-corrected chi connectivity index (χ1v) is 5.44. The van der Waals surface area contributed by atoms with Gasteiger partial charge in [-0.1, -0.05) is 0 Å². The van der Waals surface area contributed by atoms with Gasteiger partial charge < -0.3 is 4.98 Å². The Morgan fingerprint density at radius 1 is 0.824 bits per heavy atom. The summed E-state index contributed by atoms with van der Waals surface area (Å²) in [5.41, 5.74) is 4.01.